The summed E-state index contributed by atoms with van der Waals surface area (Å²) in [6, 6.07) is 7.55. The molecule has 0 saturated carbocycles. The number of hydrogen-bond donors (Lipinski definition) is 1. The van der Waals surface area contributed by atoms with Gasteiger partial charge in [0.05, 0.1) is 32.0 Å². The lowest BCUT2D eigenvalue weighted by Gasteiger charge is -2.49. The second-order valence-corrected chi connectivity index (χ2v) is 15.5. The molecular weight excluding hydrogens is 412 g/mol. The highest BCUT2D eigenvalue weighted by molar-refractivity contribution is 6.74. The van der Waals surface area contributed by atoms with Crippen molar-refractivity contribution >= 4 is 14.1 Å². The molecule has 1 heterocycles. The van der Waals surface area contributed by atoms with Gasteiger partial charge in [0, 0.05) is 17.4 Å². The zero-order valence-corrected chi connectivity index (χ0v) is 21.5. The zero-order valence-electron chi connectivity index (χ0n) is 20.5. The van der Waals surface area contributed by atoms with Crippen LogP contribution < -0.4 is 4.74 Å². The molecule has 0 spiro atoms. The monoisotopic (exact) mass is 452 g/mol. The third-order valence-electron chi connectivity index (χ3n) is 6.45. The van der Waals surface area contributed by atoms with E-state index >= 15 is 0 Å². The van der Waals surface area contributed by atoms with Gasteiger partial charge in [0.15, 0.2) is 14.6 Å². The number of carbonyl (C=O) groups excluding carboxylic acids is 1. The van der Waals surface area contributed by atoms with Crippen molar-refractivity contribution in [3.05, 3.63) is 29.8 Å². The number of rotatable bonds is 8. The molecule has 0 aromatic heterocycles. The normalized spacial score (nSPS) is 23.8. The standard InChI is InChI=1S/C24H40O6Si/c1-16(25)14-19(26)20(30-31(8,9)23(2,3)4)21-24(5,6)15-28-22(29-21)17-10-12-18(27-7)13-11-17/h10-13,19-22,26H,14-15H2,1-9H3/t19-,20-,21+,22-/m0/s1. The number of aliphatic hydroxyl groups is 1. The van der Waals surface area contributed by atoms with Crippen LogP contribution in [0.2, 0.25) is 18.1 Å². The molecule has 6 nitrogen and oxygen atoms in total. The molecular formula is C24H40O6Si. The largest absolute Gasteiger partial charge is 0.497 e. The summed E-state index contributed by atoms with van der Waals surface area (Å²) in [5, 5.41) is 11.0. The Morgan fingerprint density at radius 2 is 1.84 bits per heavy atom. The van der Waals surface area contributed by atoms with Gasteiger partial charge in [0.25, 0.3) is 0 Å². The van der Waals surface area contributed by atoms with Gasteiger partial charge >= 0.3 is 0 Å². The summed E-state index contributed by atoms with van der Waals surface area (Å²) >= 11 is 0. The first-order chi connectivity index (χ1) is 14.2. The minimum absolute atomic E-state index is 0.0310. The van der Waals surface area contributed by atoms with Gasteiger partial charge in [-0.3, -0.25) is 4.79 Å². The van der Waals surface area contributed by atoms with Gasteiger partial charge in [-0.2, -0.15) is 0 Å². The van der Waals surface area contributed by atoms with Crippen molar-refractivity contribution < 1.29 is 28.5 Å². The maximum atomic E-state index is 11.8. The van der Waals surface area contributed by atoms with Crippen molar-refractivity contribution in [2.75, 3.05) is 13.7 Å². The van der Waals surface area contributed by atoms with E-state index in [1.807, 2.05) is 38.1 Å². The van der Waals surface area contributed by atoms with Crippen LogP contribution in [0, 0.1) is 5.41 Å². The first kappa shape index (κ1) is 26.0. The predicted octanol–water partition coefficient (Wildman–Crippen LogP) is 4.87. The fourth-order valence-corrected chi connectivity index (χ4v) is 4.77. The van der Waals surface area contributed by atoms with Crippen LogP contribution in [0.5, 0.6) is 5.75 Å². The Hall–Kier alpha value is -1.25. The SMILES string of the molecule is COc1ccc([C@H]2OCC(C)(C)[C@@H]([C@@H](O[Si](C)(C)C(C)(C)C)[C@@H](O)CC(C)=O)O2)cc1. The van der Waals surface area contributed by atoms with Gasteiger partial charge in [-0.25, -0.2) is 0 Å². The van der Waals surface area contributed by atoms with E-state index in [0.717, 1.165) is 11.3 Å². The predicted molar refractivity (Wildman–Crippen MR) is 124 cm³/mol. The molecule has 1 aliphatic heterocycles. The van der Waals surface area contributed by atoms with Crippen LogP contribution in [-0.2, 0) is 18.7 Å². The Labute approximate surface area is 188 Å². The number of carbonyl (C=O) groups is 1. The van der Waals surface area contributed by atoms with Crippen LogP contribution >= 0.6 is 0 Å². The topological polar surface area (TPSA) is 74.2 Å². The molecule has 176 valence electrons. The molecule has 1 aromatic carbocycles. The zero-order chi connectivity index (χ0) is 23.6. The lowest BCUT2D eigenvalue weighted by atomic mass is 9.81. The Morgan fingerprint density at radius 3 is 2.32 bits per heavy atom. The average molecular weight is 453 g/mol. The molecule has 1 aliphatic rings. The molecule has 0 amide bonds. The number of benzene rings is 1. The molecule has 1 aromatic rings. The second-order valence-electron chi connectivity index (χ2n) is 10.8. The van der Waals surface area contributed by atoms with Crippen LogP contribution in [0.4, 0.5) is 0 Å². The Balaban J connectivity index is 2.37. The number of ether oxygens (including phenoxy) is 3. The summed E-state index contributed by atoms with van der Waals surface area (Å²) in [7, 11) is -0.625. The number of methoxy groups -OCH3 is 1. The van der Waals surface area contributed by atoms with E-state index in [2.05, 4.69) is 33.9 Å². The van der Waals surface area contributed by atoms with Crippen molar-refractivity contribution in [3.63, 3.8) is 0 Å². The fraction of sp³-hybridized carbons (Fsp3) is 0.708. The number of aliphatic hydroxyl groups excluding tert-OH is 1. The molecule has 0 aliphatic carbocycles. The van der Waals surface area contributed by atoms with Crippen molar-refractivity contribution in [1.82, 2.24) is 0 Å². The van der Waals surface area contributed by atoms with Gasteiger partial charge in [-0.15, -0.1) is 0 Å². The fourth-order valence-electron chi connectivity index (χ4n) is 3.46. The third-order valence-corrected chi connectivity index (χ3v) is 10.9. The van der Waals surface area contributed by atoms with Crippen LogP contribution in [-0.4, -0.2) is 51.2 Å². The summed E-state index contributed by atoms with van der Waals surface area (Å²) in [4.78, 5) is 11.8. The smallest absolute Gasteiger partial charge is 0.192 e. The van der Waals surface area contributed by atoms with Crippen LogP contribution in [0.15, 0.2) is 24.3 Å². The Bertz CT molecular complexity index is 737. The van der Waals surface area contributed by atoms with Gasteiger partial charge in [-0.05, 0) is 37.2 Å². The molecule has 31 heavy (non-hydrogen) atoms. The van der Waals surface area contributed by atoms with E-state index in [1.165, 1.54) is 6.92 Å². The highest BCUT2D eigenvalue weighted by Crippen LogP contribution is 2.43. The summed E-state index contributed by atoms with van der Waals surface area (Å²) in [5.74, 6) is 0.681. The third kappa shape index (κ3) is 6.39. The molecule has 0 unspecified atom stereocenters. The van der Waals surface area contributed by atoms with Crippen molar-refractivity contribution in [3.8, 4) is 5.75 Å². The minimum Gasteiger partial charge on any atom is -0.497 e. The van der Waals surface area contributed by atoms with Crippen molar-refractivity contribution in [2.24, 2.45) is 5.41 Å². The molecule has 1 N–H and O–H groups in total. The van der Waals surface area contributed by atoms with Crippen molar-refractivity contribution in [2.45, 2.75) is 90.7 Å². The molecule has 7 heteroatoms. The molecule has 1 saturated heterocycles. The highest BCUT2D eigenvalue weighted by atomic mass is 28.4. The van der Waals surface area contributed by atoms with E-state index in [-0.39, 0.29) is 17.2 Å². The molecule has 2 rings (SSSR count). The van der Waals surface area contributed by atoms with E-state index < -0.39 is 38.3 Å². The van der Waals surface area contributed by atoms with Crippen LogP contribution in [0.1, 0.15) is 59.8 Å². The van der Waals surface area contributed by atoms with E-state index in [4.69, 9.17) is 18.6 Å². The summed E-state index contributed by atoms with van der Waals surface area (Å²) in [5.41, 5.74) is 0.460. The van der Waals surface area contributed by atoms with Gasteiger partial charge in [-0.1, -0.05) is 46.8 Å². The van der Waals surface area contributed by atoms with Crippen LogP contribution in [0.25, 0.3) is 0 Å². The summed E-state index contributed by atoms with van der Waals surface area (Å²) in [6.07, 6.45) is -2.59. The average Bonchev–Trinajstić information content (AvgIpc) is 2.65. The Morgan fingerprint density at radius 1 is 1.26 bits per heavy atom. The molecule has 0 bridgehead atoms. The quantitative estimate of drug-likeness (QED) is 0.568. The minimum atomic E-state index is -2.25. The number of Topliss-reactive ketones (excluding diaryl/α,β-unsaturated/α-hetero) is 1. The van der Waals surface area contributed by atoms with E-state index in [0.29, 0.717) is 6.61 Å². The maximum Gasteiger partial charge on any atom is 0.192 e. The molecule has 4 atom stereocenters. The summed E-state index contributed by atoms with van der Waals surface area (Å²) in [6.45, 7) is 16.8. The maximum absolute atomic E-state index is 11.8. The van der Waals surface area contributed by atoms with E-state index in [9.17, 15) is 9.90 Å². The first-order valence-electron chi connectivity index (χ1n) is 10.9. The Kier molecular flexibility index (Phi) is 8.14. The van der Waals surface area contributed by atoms with Gasteiger partial charge in [0.2, 0.25) is 0 Å². The lowest BCUT2D eigenvalue weighted by Crippen LogP contribution is -2.58. The van der Waals surface area contributed by atoms with Gasteiger partial charge in [0.1, 0.15) is 11.5 Å². The molecule has 1 fully saturated rings. The van der Waals surface area contributed by atoms with Crippen molar-refractivity contribution in [1.29, 1.82) is 0 Å². The second kappa shape index (κ2) is 9.71. The first-order valence-corrected chi connectivity index (χ1v) is 13.8. The van der Waals surface area contributed by atoms with E-state index in [1.54, 1.807) is 7.11 Å². The summed E-state index contributed by atoms with van der Waals surface area (Å²) < 4.78 is 24.4. The van der Waals surface area contributed by atoms with Gasteiger partial charge < -0.3 is 23.7 Å². The number of hydrogen-bond acceptors (Lipinski definition) is 6. The lowest BCUT2D eigenvalue weighted by molar-refractivity contribution is -0.289. The number of ketones is 1. The molecule has 0 radical (unpaired) electrons. The highest BCUT2D eigenvalue weighted by Gasteiger charge is 2.50. The van der Waals surface area contributed by atoms with Crippen LogP contribution in [0.3, 0.4) is 0 Å².